The lowest BCUT2D eigenvalue weighted by Gasteiger charge is -2.40. The van der Waals surface area contributed by atoms with Crippen LogP contribution in [0.4, 0.5) is 27.2 Å². The SMILES string of the molecule is CC(C)(C)OC(=O)N1CCN(C(=O)N[C@](Cc2ccccc2)(c2cccc(OC(F)(F)C(F)F)c2)c2ccc(Cl)cn2)CC1. The zero-order valence-electron chi connectivity index (χ0n) is 24.4. The number of carbonyl (C=O) groups is 2. The monoisotopic (exact) mass is 636 g/mol. The molecule has 1 N–H and O–H groups in total. The van der Waals surface area contributed by atoms with E-state index in [-0.39, 0.29) is 38.2 Å². The highest BCUT2D eigenvalue weighted by Crippen LogP contribution is 2.37. The van der Waals surface area contributed by atoms with Crippen molar-refractivity contribution < 1.29 is 36.6 Å². The summed E-state index contributed by atoms with van der Waals surface area (Å²) in [5.41, 5.74) is -0.858. The predicted molar refractivity (Wildman–Crippen MR) is 156 cm³/mol. The van der Waals surface area contributed by atoms with Crippen LogP contribution >= 0.6 is 11.6 Å². The van der Waals surface area contributed by atoms with E-state index in [2.05, 4.69) is 15.0 Å². The molecule has 8 nitrogen and oxygen atoms in total. The number of rotatable bonds is 8. The maximum Gasteiger partial charge on any atom is 0.461 e. The number of benzene rings is 2. The van der Waals surface area contributed by atoms with Crippen LogP contribution in [0, 0.1) is 0 Å². The molecule has 3 aromatic rings. The van der Waals surface area contributed by atoms with Crippen molar-refractivity contribution in [1.82, 2.24) is 20.1 Å². The molecule has 2 aromatic carbocycles. The number of piperazine rings is 1. The number of hydrogen-bond donors (Lipinski definition) is 1. The van der Waals surface area contributed by atoms with Crippen molar-refractivity contribution in [3.05, 3.63) is 94.8 Å². The summed E-state index contributed by atoms with van der Waals surface area (Å²) in [7, 11) is 0. The first-order valence-corrected chi connectivity index (χ1v) is 14.2. The second-order valence-corrected chi connectivity index (χ2v) is 11.7. The summed E-state index contributed by atoms with van der Waals surface area (Å²) in [5.74, 6) is -0.528. The van der Waals surface area contributed by atoms with Crippen molar-refractivity contribution in [1.29, 1.82) is 0 Å². The summed E-state index contributed by atoms with van der Waals surface area (Å²) < 4.78 is 63.6. The van der Waals surface area contributed by atoms with Crippen molar-refractivity contribution in [2.45, 2.75) is 50.9 Å². The van der Waals surface area contributed by atoms with Crippen LogP contribution in [0.15, 0.2) is 72.9 Å². The minimum atomic E-state index is -4.74. The molecule has 0 saturated carbocycles. The van der Waals surface area contributed by atoms with E-state index in [0.29, 0.717) is 10.7 Å². The molecule has 13 heteroatoms. The zero-order chi connectivity index (χ0) is 32.1. The Hall–Kier alpha value is -4.06. The first kappa shape index (κ1) is 32.8. The Morgan fingerprint density at radius 2 is 1.61 bits per heavy atom. The Morgan fingerprint density at radius 3 is 2.20 bits per heavy atom. The first-order valence-electron chi connectivity index (χ1n) is 13.8. The van der Waals surface area contributed by atoms with Gasteiger partial charge in [-0.1, -0.05) is 54.1 Å². The Morgan fingerprint density at radius 1 is 0.955 bits per heavy atom. The molecule has 0 bridgehead atoms. The number of ether oxygens (including phenoxy) is 2. The maximum atomic E-state index is 13.9. The van der Waals surface area contributed by atoms with Crippen LogP contribution in [0.5, 0.6) is 5.75 Å². The molecule has 0 unspecified atom stereocenters. The van der Waals surface area contributed by atoms with Gasteiger partial charge in [0, 0.05) is 38.8 Å². The van der Waals surface area contributed by atoms with Crippen molar-refractivity contribution >= 4 is 23.7 Å². The molecule has 2 heterocycles. The molecular formula is C31H33ClF4N4O4. The predicted octanol–water partition coefficient (Wildman–Crippen LogP) is 6.72. The van der Waals surface area contributed by atoms with Gasteiger partial charge in [-0.05, 0) is 56.2 Å². The highest BCUT2D eigenvalue weighted by atomic mass is 35.5. The van der Waals surface area contributed by atoms with Gasteiger partial charge < -0.3 is 24.6 Å². The molecule has 236 valence electrons. The number of alkyl halides is 4. The molecule has 4 rings (SSSR count). The van der Waals surface area contributed by atoms with E-state index in [9.17, 15) is 27.2 Å². The summed E-state index contributed by atoms with van der Waals surface area (Å²) in [4.78, 5) is 34.0. The van der Waals surface area contributed by atoms with Crippen LogP contribution in [0.3, 0.4) is 0 Å². The lowest BCUT2D eigenvalue weighted by atomic mass is 9.80. The molecule has 0 spiro atoms. The van der Waals surface area contributed by atoms with Gasteiger partial charge in [0.1, 0.15) is 16.9 Å². The maximum absolute atomic E-state index is 13.9. The molecule has 1 aliphatic rings. The standard InChI is InChI=1S/C31H33ClF4N4O4/c1-29(2,3)44-28(42)40-16-14-39(15-17-40)27(41)38-30(19-21-8-5-4-6-9-21,25-13-12-23(32)20-37-25)22-10-7-11-24(18-22)43-31(35,36)26(33)34/h4-13,18,20,26H,14-17,19H2,1-3H3,(H,38,41)/t30-/m1/s1. The Bertz CT molecular complexity index is 1430. The number of amides is 3. The zero-order valence-corrected chi connectivity index (χ0v) is 25.2. The van der Waals surface area contributed by atoms with Gasteiger partial charge in [-0.15, -0.1) is 0 Å². The van der Waals surface area contributed by atoms with Crippen LogP contribution in [-0.4, -0.2) is 71.2 Å². The van der Waals surface area contributed by atoms with Crippen LogP contribution in [0.1, 0.15) is 37.6 Å². The van der Waals surface area contributed by atoms with Gasteiger partial charge in [0.2, 0.25) is 0 Å². The topological polar surface area (TPSA) is 84.0 Å². The number of carbonyl (C=O) groups excluding carboxylic acids is 2. The second kappa shape index (κ2) is 13.3. The number of hydrogen-bond acceptors (Lipinski definition) is 5. The Labute approximate surface area is 257 Å². The van der Waals surface area contributed by atoms with Crippen LogP contribution in [0.25, 0.3) is 0 Å². The van der Waals surface area contributed by atoms with Crippen LogP contribution in [-0.2, 0) is 16.7 Å². The van der Waals surface area contributed by atoms with Crippen LogP contribution in [0.2, 0.25) is 5.02 Å². The van der Waals surface area contributed by atoms with E-state index in [1.807, 2.05) is 18.2 Å². The normalized spacial score (nSPS) is 15.5. The third-order valence-electron chi connectivity index (χ3n) is 6.85. The molecule has 1 aliphatic heterocycles. The number of nitrogens with one attached hydrogen (secondary N) is 1. The van der Waals surface area contributed by atoms with Gasteiger partial charge in [0.05, 0.1) is 10.7 Å². The highest BCUT2D eigenvalue weighted by Gasteiger charge is 2.45. The number of aromatic nitrogens is 1. The van der Waals surface area contributed by atoms with Crippen molar-refractivity contribution in [3.63, 3.8) is 0 Å². The summed E-state index contributed by atoms with van der Waals surface area (Å²) in [6.07, 6.45) is -7.80. The number of urea groups is 1. The molecule has 0 radical (unpaired) electrons. The highest BCUT2D eigenvalue weighted by molar-refractivity contribution is 6.30. The quantitative estimate of drug-likeness (QED) is 0.278. The second-order valence-electron chi connectivity index (χ2n) is 11.3. The van der Waals surface area contributed by atoms with Gasteiger partial charge in [0.15, 0.2) is 0 Å². The molecule has 0 aliphatic carbocycles. The molecule has 3 amide bonds. The minimum Gasteiger partial charge on any atom is -0.444 e. The number of halogens is 5. The van der Waals surface area contributed by atoms with E-state index in [4.69, 9.17) is 16.3 Å². The first-order chi connectivity index (χ1) is 20.7. The number of nitrogens with zero attached hydrogens (tertiary/aromatic N) is 3. The molecule has 1 fully saturated rings. The minimum absolute atomic E-state index is 0.0980. The van der Waals surface area contributed by atoms with E-state index in [1.165, 1.54) is 28.1 Å². The summed E-state index contributed by atoms with van der Waals surface area (Å²) in [6.45, 7) is 6.11. The average molecular weight is 637 g/mol. The Kier molecular flexibility index (Phi) is 9.92. The molecule has 1 atom stereocenters. The third kappa shape index (κ3) is 8.10. The van der Waals surface area contributed by atoms with E-state index in [0.717, 1.165) is 11.6 Å². The van der Waals surface area contributed by atoms with Gasteiger partial charge >= 0.3 is 24.7 Å². The van der Waals surface area contributed by atoms with Crippen molar-refractivity contribution in [3.8, 4) is 5.75 Å². The van der Waals surface area contributed by atoms with Gasteiger partial charge in [-0.2, -0.15) is 17.6 Å². The fraction of sp³-hybridized carbons (Fsp3) is 0.387. The smallest absolute Gasteiger partial charge is 0.444 e. The largest absolute Gasteiger partial charge is 0.461 e. The van der Waals surface area contributed by atoms with Gasteiger partial charge in [-0.3, -0.25) is 4.98 Å². The lowest BCUT2D eigenvalue weighted by molar-refractivity contribution is -0.253. The molecule has 1 aromatic heterocycles. The summed E-state index contributed by atoms with van der Waals surface area (Å²) in [5, 5.41) is 3.37. The fourth-order valence-electron chi connectivity index (χ4n) is 4.76. The van der Waals surface area contributed by atoms with Gasteiger partial charge in [-0.25, -0.2) is 9.59 Å². The van der Waals surface area contributed by atoms with Crippen molar-refractivity contribution in [2.24, 2.45) is 0 Å². The average Bonchev–Trinajstić information content (AvgIpc) is 2.96. The van der Waals surface area contributed by atoms with Crippen LogP contribution < -0.4 is 10.1 Å². The van der Waals surface area contributed by atoms with E-state index < -0.39 is 41.5 Å². The van der Waals surface area contributed by atoms with E-state index in [1.54, 1.807) is 51.1 Å². The summed E-state index contributed by atoms with van der Waals surface area (Å²) >= 11 is 6.13. The molecule has 44 heavy (non-hydrogen) atoms. The van der Waals surface area contributed by atoms with Crippen molar-refractivity contribution in [2.75, 3.05) is 26.2 Å². The third-order valence-corrected chi connectivity index (χ3v) is 7.07. The lowest BCUT2D eigenvalue weighted by Crippen LogP contribution is -2.58. The molecular weight excluding hydrogens is 604 g/mol. The Balaban J connectivity index is 1.72. The summed E-state index contributed by atoms with van der Waals surface area (Å²) in [6, 6.07) is 16.9. The van der Waals surface area contributed by atoms with Gasteiger partial charge in [0.25, 0.3) is 0 Å². The van der Waals surface area contributed by atoms with E-state index >= 15 is 0 Å². The number of pyridine rings is 1. The fourth-order valence-corrected chi connectivity index (χ4v) is 4.87. The molecule has 1 saturated heterocycles.